The summed E-state index contributed by atoms with van der Waals surface area (Å²) in [5.41, 5.74) is 0. The molecule has 0 amide bonds. The molecule has 16 heavy (non-hydrogen) atoms. The maximum atomic E-state index is 8.82. The Labute approximate surface area is 97.4 Å². The summed E-state index contributed by atoms with van der Waals surface area (Å²) in [5, 5.41) is 12.1. The van der Waals surface area contributed by atoms with Crippen LogP contribution in [0.4, 0.5) is 0 Å². The van der Waals surface area contributed by atoms with Crippen LogP contribution in [0, 0.1) is 5.92 Å². The summed E-state index contributed by atoms with van der Waals surface area (Å²) in [7, 11) is 0. The van der Waals surface area contributed by atoms with Gasteiger partial charge in [0, 0.05) is 6.61 Å². The van der Waals surface area contributed by atoms with Crippen molar-refractivity contribution in [3.05, 3.63) is 30.3 Å². The lowest BCUT2D eigenvalue weighted by atomic mass is 10.2. The standard InChI is InChI=1S/C13H21NO2/c1-12(11-15)10-14-8-5-9-16-13-6-3-2-4-7-13/h2-4,6-7,12,14-15H,5,8-11H2,1H3. The molecule has 0 spiro atoms. The summed E-state index contributed by atoms with van der Waals surface area (Å²) in [4.78, 5) is 0. The van der Waals surface area contributed by atoms with Crippen molar-refractivity contribution >= 4 is 0 Å². The Kier molecular flexibility index (Phi) is 6.61. The van der Waals surface area contributed by atoms with Crippen LogP contribution in [-0.2, 0) is 0 Å². The molecule has 3 heteroatoms. The highest BCUT2D eigenvalue weighted by Crippen LogP contribution is 2.07. The van der Waals surface area contributed by atoms with Crippen LogP contribution in [0.25, 0.3) is 0 Å². The minimum atomic E-state index is 0.244. The van der Waals surface area contributed by atoms with Gasteiger partial charge in [0.05, 0.1) is 6.61 Å². The Morgan fingerprint density at radius 3 is 2.75 bits per heavy atom. The molecular weight excluding hydrogens is 202 g/mol. The maximum absolute atomic E-state index is 8.82. The molecule has 3 nitrogen and oxygen atoms in total. The predicted molar refractivity (Wildman–Crippen MR) is 65.7 cm³/mol. The molecule has 0 aliphatic rings. The lowest BCUT2D eigenvalue weighted by Gasteiger charge is -2.10. The number of ether oxygens (including phenoxy) is 1. The van der Waals surface area contributed by atoms with Gasteiger partial charge in [-0.05, 0) is 37.6 Å². The van der Waals surface area contributed by atoms with Crippen LogP contribution in [0.3, 0.4) is 0 Å². The summed E-state index contributed by atoms with van der Waals surface area (Å²) in [5.74, 6) is 1.25. The molecule has 2 N–H and O–H groups in total. The van der Waals surface area contributed by atoms with E-state index in [1.807, 2.05) is 37.3 Å². The smallest absolute Gasteiger partial charge is 0.119 e. The van der Waals surface area contributed by atoms with Gasteiger partial charge in [-0.25, -0.2) is 0 Å². The monoisotopic (exact) mass is 223 g/mol. The van der Waals surface area contributed by atoms with E-state index in [4.69, 9.17) is 9.84 Å². The summed E-state index contributed by atoms with van der Waals surface area (Å²) in [6.07, 6.45) is 0.979. The van der Waals surface area contributed by atoms with Gasteiger partial charge in [-0.3, -0.25) is 0 Å². The fourth-order valence-electron chi connectivity index (χ4n) is 1.32. The van der Waals surface area contributed by atoms with Gasteiger partial charge in [-0.15, -0.1) is 0 Å². The van der Waals surface area contributed by atoms with Gasteiger partial charge in [0.1, 0.15) is 5.75 Å². The number of hydrogen-bond acceptors (Lipinski definition) is 3. The molecule has 1 rings (SSSR count). The molecule has 0 saturated carbocycles. The van der Waals surface area contributed by atoms with Gasteiger partial charge < -0.3 is 15.2 Å². The van der Waals surface area contributed by atoms with Gasteiger partial charge in [-0.2, -0.15) is 0 Å². The summed E-state index contributed by atoms with van der Waals surface area (Å²) >= 11 is 0. The molecule has 0 radical (unpaired) electrons. The third-order valence-corrected chi connectivity index (χ3v) is 2.31. The second kappa shape index (κ2) is 8.13. The zero-order valence-corrected chi connectivity index (χ0v) is 9.86. The van der Waals surface area contributed by atoms with Crippen LogP contribution in [0.15, 0.2) is 30.3 Å². The normalized spacial score (nSPS) is 12.4. The van der Waals surface area contributed by atoms with Crippen LogP contribution >= 0.6 is 0 Å². The Bertz CT molecular complexity index is 264. The first-order valence-electron chi connectivity index (χ1n) is 5.82. The van der Waals surface area contributed by atoms with Gasteiger partial charge in [0.15, 0.2) is 0 Å². The van der Waals surface area contributed by atoms with Crippen LogP contribution < -0.4 is 10.1 Å². The van der Waals surface area contributed by atoms with Crippen molar-refractivity contribution in [1.29, 1.82) is 0 Å². The number of para-hydroxylation sites is 1. The number of rotatable bonds is 8. The average Bonchev–Trinajstić information content (AvgIpc) is 2.34. The van der Waals surface area contributed by atoms with E-state index in [1.54, 1.807) is 0 Å². The first-order chi connectivity index (χ1) is 7.83. The van der Waals surface area contributed by atoms with Crippen molar-refractivity contribution in [2.24, 2.45) is 5.92 Å². The van der Waals surface area contributed by atoms with Crippen molar-refractivity contribution in [2.45, 2.75) is 13.3 Å². The summed E-state index contributed by atoms with van der Waals surface area (Å²) < 4.78 is 5.55. The van der Waals surface area contributed by atoms with Gasteiger partial charge >= 0.3 is 0 Å². The second-order valence-electron chi connectivity index (χ2n) is 4.01. The van der Waals surface area contributed by atoms with E-state index in [0.717, 1.165) is 31.9 Å². The first-order valence-corrected chi connectivity index (χ1v) is 5.82. The van der Waals surface area contributed by atoms with Gasteiger partial charge in [0.25, 0.3) is 0 Å². The summed E-state index contributed by atoms with van der Waals surface area (Å²) in [6.45, 7) is 4.78. The third-order valence-electron chi connectivity index (χ3n) is 2.31. The average molecular weight is 223 g/mol. The Hall–Kier alpha value is -1.06. The van der Waals surface area contributed by atoms with E-state index in [2.05, 4.69) is 5.32 Å². The second-order valence-corrected chi connectivity index (χ2v) is 4.01. The minimum absolute atomic E-state index is 0.244. The third kappa shape index (κ3) is 5.73. The zero-order chi connectivity index (χ0) is 11.6. The van der Waals surface area contributed by atoms with E-state index >= 15 is 0 Å². The fourth-order valence-corrected chi connectivity index (χ4v) is 1.32. The summed E-state index contributed by atoms with van der Waals surface area (Å²) in [6, 6.07) is 9.83. The molecule has 0 saturated heterocycles. The van der Waals surface area contributed by atoms with Gasteiger partial charge in [0.2, 0.25) is 0 Å². The van der Waals surface area contributed by atoms with Crippen LogP contribution in [0.2, 0.25) is 0 Å². The van der Waals surface area contributed by atoms with Crippen molar-refractivity contribution in [3.63, 3.8) is 0 Å². The topological polar surface area (TPSA) is 41.5 Å². The maximum Gasteiger partial charge on any atom is 0.119 e. The highest BCUT2D eigenvalue weighted by molar-refractivity contribution is 5.20. The molecule has 1 unspecified atom stereocenters. The van der Waals surface area contributed by atoms with Crippen molar-refractivity contribution in [2.75, 3.05) is 26.3 Å². The van der Waals surface area contributed by atoms with E-state index in [1.165, 1.54) is 0 Å². The number of benzene rings is 1. The first kappa shape index (κ1) is 13.0. The number of hydrogen-bond donors (Lipinski definition) is 2. The molecule has 0 aliphatic heterocycles. The SMILES string of the molecule is CC(CO)CNCCCOc1ccccc1. The molecule has 1 aromatic rings. The Morgan fingerprint density at radius 1 is 1.31 bits per heavy atom. The molecule has 0 bridgehead atoms. The molecule has 0 aliphatic carbocycles. The lowest BCUT2D eigenvalue weighted by Crippen LogP contribution is -2.25. The van der Waals surface area contributed by atoms with Crippen LogP contribution in [-0.4, -0.2) is 31.4 Å². The zero-order valence-electron chi connectivity index (χ0n) is 9.86. The molecule has 0 heterocycles. The molecule has 90 valence electrons. The predicted octanol–water partition coefficient (Wildman–Crippen LogP) is 1.67. The number of nitrogens with one attached hydrogen (secondary N) is 1. The highest BCUT2D eigenvalue weighted by Gasteiger charge is 1.98. The van der Waals surface area contributed by atoms with Crippen molar-refractivity contribution in [3.8, 4) is 5.75 Å². The Balaban J connectivity index is 1.96. The minimum Gasteiger partial charge on any atom is -0.494 e. The molecule has 1 aromatic carbocycles. The number of aliphatic hydroxyl groups is 1. The highest BCUT2D eigenvalue weighted by atomic mass is 16.5. The Morgan fingerprint density at radius 2 is 2.06 bits per heavy atom. The molecular formula is C13H21NO2. The quantitative estimate of drug-likeness (QED) is 0.659. The molecule has 0 aromatic heterocycles. The molecule has 1 atom stereocenters. The van der Waals surface area contributed by atoms with E-state index in [9.17, 15) is 0 Å². The number of aliphatic hydroxyl groups excluding tert-OH is 1. The fraction of sp³-hybridized carbons (Fsp3) is 0.538. The largest absolute Gasteiger partial charge is 0.494 e. The van der Waals surface area contributed by atoms with E-state index in [0.29, 0.717) is 5.92 Å². The lowest BCUT2D eigenvalue weighted by molar-refractivity contribution is 0.232. The van der Waals surface area contributed by atoms with E-state index in [-0.39, 0.29) is 6.61 Å². The van der Waals surface area contributed by atoms with Crippen LogP contribution in [0.5, 0.6) is 5.75 Å². The van der Waals surface area contributed by atoms with Crippen LogP contribution in [0.1, 0.15) is 13.3 Å². The van der Waals surface area contributed by atoms with Crippen molar-refractivity contribution in [1.82, 2.24) is 5.32 Å². The van der Waals surface area contributed by atoms with Crippen molar-refractivity contribution < 1.29 is 9.84 Å². The van der Waals surface area contributed by atoms with E-state index < -0.39 is 0 Å². The molecule has 0 fully saturated rings. The van der Waals surface area contributed by atoms with Gasteiger partial charge in [-0.1, -0.05) is 25.1 Å².